The van der Waals surface area contributed by atoms with E-state index in [4.69, 9.17) is 15.5 Å². The number of dihydropyridines is 1. The molecule has 0 atom stereocenters. The minimum absolute atomic E-state index is 0.127. The number of nitrogens with one attached hydrogen (secondary N) is 3. The molecular formula is C27H34N8O2. The van der Waals surface area contributed by atoms with Crippen molar-refractivity contribution in [2.24, 2.45) is 15.7 Å². The van der Waals surface area contributed by atoms with E-state index < -0.39 is 0 Å². The van der Waals surface area contributed by atoms with E-state index in [1.807, 2.05) is 31.2 Å². The Labute approximate surface area is 217 Å². The molecule has 2 aliphatic heterocycles. The summed E-state index contributed by atoms with van der Waals surface area (Å²) < 4.78 is 5.46. The molecule has 4 rings (SSSR count). The molecule has 37 heavy (non-hydrogen) atoms. The Hall–Kier alpha value is -4.18. The highest BCUT2D eigenvalue weighted by Gasteiger charge is 2.21. The van der Waals surface area contributed by atoms with Crippen molar-refractivity contribution in [1.82, 2.24) is 15.1 Å². The van der Waals surface area contributed by atoms with E-state index in [1.165, 1.54) is 6.20 Å². The van der Waals surface area contributed by atoms with Gasteiger partial charge in [-0.3, -0.25) is 14.9 Å². The van der Waals surface area contributed by atoms with Crippen molar-refractivity contribution in [2.45, 2.75) is 33.1 Å². The molecule has 0 saturated carbocycles. The van der Waals surface area contributed by atoms with Gasteiger partial charge in [-0.2, -0.15) is 5.10 Å². The summed E-state index contributed by atoms with van der Waals surface area (Å²) >= 11 is 0. The van der Waals surface area contributed by atoms with E-state index in [9.17, 15) is 4.79 Å². The lowest BCUT2D eigenvalue weighted by atomic mass is 9.92. The summed E-state index contributed by atoms with van der Waals surface area (Å²) in [6.45, 7) is 14.6. The number of H-pyrrole nitrogens is 1. The van der Waals surface area contributed by atoms with Crippen LogP contribution in [0.5, 0.6) is 0 Å². The van der Waals surface area contributed by atoms with Crippen molar-refractivity contribution in [1.29, 1.82) is 0 Å². The maximum atomic E-state index is 13.0. The number of nitrogens with two attached hydrogens (primary N) is 1. The van der Waals surface area contributed by atoms with Crippen LogP contribution < -0.4 is 16.4 Å². The quantitative estimate of drug-likeness (QED) is 0.493. The summed E-state index contributed by atoms with van der Waals surface area (Å²) in [6.07, 6.45) is 5.25. The molecule has 0 bridgehead atoms. The molecular weight excluding hydrogens is 468 g/mol. The zero-order valence-electron chi connectivity index (χ0n) is 21.8. The number of carbonyl (C=O) groups excluding carboxylic acids is 1. The van der Waals surface area contributed by atoms with E-state index in [0.717, 1.165) is 30.2 Å². The summed E-state index contributed by atoms with van der Waals surface area (Å²) in [5.41, 5.74) is 10.4. The van der Waals surface area contributed by atoms with Crippen LogP contribution in [0.3, 0.4) is 0 Å². The van der Waals surface area contributed by atoms with Crippen molar-refractivity contribution in [3.8, 4) is 0 Å². The predicted molar refractivity (Wildman–Crippen MR) is 148 cm³/mol. The highest BCUT2D eigenvalue weighted by atomic mass is 16.5. The molecule has 10 nitrogen and oxygen atoms in total. The second kappa shape index (κ2) is 10.8. The number of aromatic amines is 1. The average Bonchev–Trinajstić information content (AvgIpc) is 3.35. The van der Waals surface area contributed by atoms with Crippen LogP contribution in [0.4, 0.5) is 11.5 Å². The number of benzene rings is 1. The van der Waals surface area contributed by atoms with Crippen LogP contribution in [0.1, 0.15) is 42.4 Å². The van der Waals surface area contributed by atoms with Gasteiger partial charge in [0.15, 0.2) is 0 Å². The van der Waals surface area contributed by atoms with Gasteiger partial charge < -0.3 is 26.0 Å². The molecule has 1 aromatic carbocycles. The lowest BCUT2D eigenvalue weighted by Gasteiger charge is -2.30. The number of amidine groups is 1. The third kappa shape index (κ3) is 6.15. The minimum atomic E-state index is -0.263. The van der Waals surface area contributed by atoms with Crippen molar-refractivity contribution < 1.29 is 9.53 Å². The Morgan fingerprint density at radius 3 is 2.65 bits per heavy atom. The van der Waals surface area contributed by atoms with Crippen molar-refractivity contribution in [3.63, 3.8) is 0 Å². The fraction of sp³-hybridized carbons (Fsp3) is 0.333. The van der Waals surface area contributed by atoms with Crippen LogP contribution in [0.25, 0.3) is 0 Å². The van der Waals surface area contributed by atoms with E-state index in [2.05, 4.69) is 58.1 Å². The smallest absolute Gasteiger partial charge is 0.256 e. The number of aromatic nitrogens is 2. The van der Waals surface area contributed by atoms with Crippen molar-refractivity contribution >= 4 is 29.0 Å². The maximum absolute atomic E-state index is 13.0. The van der Waals surface area contributed by atoms with Crippen LogP contribution in [0.15, 0.2) is 70.7 Å². The number of carbonyl (C=O) groups is 1. The molecule has 1 aromatic heterocycles. The second-order valence-corrected chi connectivity index (χ2v) is 9.89. The summed E-state index contributed by atoms with van der Waals surface area (Å²) in [5.74, 6) is 1.39. The Balaban J connectivity index is 1.58. The van der Waals surface area contributed by atoms with Crippen LogP contribution in [-0.2, 0) is 10.2 Å². The SMILES string of the molecule is C=C/N=C1/C=CC(N2CCOCC2)=N/C1=C(/N)Nc1cc(C(=O)Nc2cc(C(C)(C)C)n[nH]2)ccc1C. The molecule has 0 unspecified atom stereocenters. The fourth-order valence-corrected chi connectivity index (χ4v) is 3.88. The zero-order chi connectivity index (χ0) is 26.6. The van der Waals surface area contributed by atoms with Crippen molar-refractivity contribution in [3.05, 3.63) is 77.5 Å². The molecule has 0 aliphatic carbocycles. The van der Waals surface area contributed by atoms with Gasteiger partial charge in [-0.05, 0) is 36.8 Å². The molecule has 5 N–H and O–H groups in total. The topological polar surface area (TPSA) is 133 Å². The van der Waals surface area contributed by atoms with Gasteiger partial charge in [0, 0.05) is 42.0 Å². The second-order valence-electron chi connectivity index (χ2n) is 9.89. The number of ether oxygens (including phenoxy) is 1. The molecule has 0 spiro atoms. The molecule has 1 fully saturated rings. The van der Waals surface area contributed by atoms with E-state index in [-0.39, 0.29) is 11.3 Å². The number of allylic oxidation sites excluding steroid dienone is 1. The monoisotopic (exact) mass is 502 g/mol. The first-order valence-corrected chi connectivity index (χ1v) is 12.2. The highest BCUT2D eigenvalue weighted by molar-refractivity contribution is 6.16. The lowest BCUT2D eigenvalue weighted by Crippen LogP contribution is -2.41. The number of hydrogen-bond acceptors (Lipinski definition) is 8. The van der Waals surface area contributed by atoms with Gasteiger partial charge in [-0.25, -0.2) is 4.99 Å². The Morgan fingerprint density at radius 1 is 1.22 bits per heavy atom. The first-order valence-electron chi connectivity index (χ1n) is 12.2. The number of rotatable bonds is 5. The molecule has 3 heterocycles. The number of aliphatic imine (C=N–C) groups is 2. The summed E-state index contributed by atoms with van der Waals surface area (Å²) in [7, 11) is 0. The van der Waals surface area contributed by atoms with E-state index >= 15 is 0 Å². The predicted octanol–water partition coefficient (Wildman–Crippen LogP) is 3.69. The lowest BCUT2D eigenvalue weighted by molar-refractivity contribution is 0.0684. The van der Waals surface area contributed by atoms with Crippen LogP contribution in [0, 0.1) is 6.92 Å². The number of morpholine rings is 1. The molecule has 2 aliphatic rings. The van der Waals surface area contributed by atoms with Gasteiger partial charge in [0.1, 0.15) is 23.2 Å². The van der Waals surface area contributed by atoms with Gasteiger partial charge in [0.2, 0.25) is 0 Å². The van der Waals surface area contributed by atoms with Gasteiger partial charge in [0.25, 0.3) is 5.91 Å². The minimum Gasteiger partial charge on any atom is -0.383 e. The van der Waals surface area contributed by atoms with E-state index in [0.29, 0.717) is 47.5 Å². The Morgan fingerprint density at radius 2 is 1.97 bits per heavy atom. The van der Waals surface area contributed by atoms with E-state index in [1.54, 1.807) is 12.1 Å². The maximum Gasteiger partial charge on any atom is 0.256 e. The number of aryl methyl sites for hydroxylation is 1. The molecule has 10 heteroatoms. The first-order chi connectivity index (χ1) is 17.7. The summed E-state index contributed by atoms with van der Waals surface area (Å²) in [5, 5.41) is 13.3. The first kappa shape index (κ1) is 25.9. The van der Waals surface area contributed by atoms with Crippen LogP contribution >= 0.6 is 0 Å². The molecule has 1 saturated heterocycles. The fourth-order valence-electron chi connectivity index (χ4n) is 3.88. The normalized spacial score (nSPS) is 18.4. The van der Waals surface area contributed by atoms with Crippen molar-refractivity contribution in [2.75, 3.05) is 36.9 Å². The molecule has 194 valence electrons. The molecule has 0 radical (unpaired) electrons. The molecule has 2 aromatic rings. The largest absolute Gasteiger partial charge is 0.383 e. The number of amides is 1. The van der Waals surface area contributed by atoms with Gasteiger partial charge >= 0.3 is 0 Å². The average molecular weight is 503 g/mol. The highest BCUT2D eigenvalue weighted by Crippen LogP contribution is 2.24. The van der Waals surface area contributed by atoms with Crippen LogP contribution in [-0.4, -0.2) is 58.9 Å². The Bertz CT molecular complexity index is 1300. The van der Waals surface area contributed by atoms with Gasteiger partial charge in [-0.15, -0.1) is 0 Å². The third-order valence-electron chi connectivity index (χ3n) is 6.04. The van der Waals surface area contributed by atoms with Gasteiger partial charge in [-0.1, -0.05) is 33.4 Å². The summed E-state index contributed by atoms with van der Waals surface area (Å²) in [4.78, 5) is 24.2. The zero-order valence-corrected chi connectivity index (χ0v) is 21.8. The Kier molecular flexibility index (Phi) is 7.58. The third-order valence-corrected chi connectivity index (χ3v) is 6.04. The standard InChI is InChI=1S/C27H34N8O2/c1-6-29-19-9-10-23(35-11-13-37-14-12-35)32-24(19)25(28)30-20-15-18(8-7-17(20)2)26(36)31-22-16-21(33-34-22)27(3,4)5/h6-10,15-16,30H,1,11-14,28H2,2-5H3,(H2,31,33,34,36)/b25-24-,29-19-. The summed E-state index contributed by atoms with van der Waals surface area (Å²) in [6, 6.07) is 7.23. The number of hydrogen-bond donors (Lipinski definition) is 4. The van der Waals surface area contributed by atoms with Crippen LogP contribution in [0.2, 0.25) is 0 Å². The van der Waals surface area contributed by atoms with Gasteiger partial charge in [0.05, 0.1) is 24.6 Å². The number of anilines is 2. The molecule has 1 amide bonds. The number of nitrogens with zero attached hydrogens (tertiary/aromatic N) is 4.